The Bertz CT molecular complexity index is 606. The molecule has 1 fully saturated rings. The molecule has 25 heavy (non-hydrogen) atoms. The Balaban J connectivity index is 1.76. The standard InChI is InChI=1S/C16H21ClF4N4/c1-22-15(23-6-4-11-2-3-12(18)8-14(11)17)24-13-5-7-25(9-13)10-16(19,20)21/h2-3,8,13H,4-7,9-10H2,1H3,(H2,22,23,24). The molecule has 1 atom stereocenters. The van der Waals surface area contributed by atoms with Gasteiger partial charge in [-0.05, 0) is 30.5 Å². The summed E-state index contributed by atoms with van der Waals surface area (Å²) in [5.74, 6) is 0.140. The van der Waals surface area contributed by atoms with Crippen LogP contribution in [0.25, 0.3) is 0 Å². The topological polar surface area (TPSA) is 39.7 Å². The molecule has 1 aromatic rings. The Morgan fingerprint density at radius 1 is 1.40 bits per heavy atom. The number of alkyl halides is 3. The molecular weight excluding hydrogens is 360 g/mol. The third kappa shape index (κ3) is 6.70. The van der Waals surface area contributed by atoms with E-state index in [9.17, 15) is 17.6 Å². The van der Waals surface area contributed by atoms with Crippen molar-refractivity contribution >= 4 is 17.6 Å². The van der Waals surface area contributed by atoms with Gasteiger partial charge in [-0.3, -0.25) is 9.89 Å². The lowest BCUT2D eigenvalue weighted by Crippen LogP contribution is -2.45. The third-order valence-corrected chi connectivity index (χ3v) is 4.29. The highest BCUT2D eigenvalue weighted by atomic mass is 35.5. The predicted octanol–water partition coefficient (Wildman–Crippen LogP) is 2.82. The van der Waals surface area contributed by atoms with E-state index in [1.807, 2.05) is 0 Å². The Morgan fingerprint density at radius 2 is 2.16 bits per heavy atom. The van der Waals surface area contributed by atoms with Gasteiger partial charge in [0.2, 0.25) is 0 Å². The molecule has 1 saturated heterocycles. The summed E-state index contributed by atoms with van der Waals surface area (Å²) in [5.41, 5.74) is 0.809. The number of halogens is 5. The molecule has 1 heterocycles. The normalized spacial score (nSPS) is 19.3. The number of likely N-dealkylation sites (tertiary alicyclic amines) is 1. The Hall–Kier alpha value is -1.54. The molecule has 0 aromatic heterocycles. The first-order valence-electron chi connectivity index (χ1n) is 7.97. The van der Waals surface area contributed by atoms with Gasteiger partial charge in [0.1, 0.15) is 5.82 Å². The highest BCUT2D eigenvalue weighted by Crippen LogP contribution is 2.20. The average molecular weight is 381 g/mol. The zero-order valence-corrected chi connectivity index (χ0v) is 14.6. The number of nitrogens with one attached hydrogen (secondary N) is 2. The van der Waals surface area contributed by atoms with E-state index in [-0.39, 0.29) is 11.9 Å². The van der Waals surface area contributed by atoms with E-state index < -0.39 is 12.7 Å². The fourth-order valence-electron chi connectivity index (χ4n) is 2.78. The summed E-state index contributed by atoms with van der Waals surface area (Å²) < 4.78 is 50.3. The van der Waals surface area contributed by atoms with E-state index in [1.165, 1.54) is 17.0 Å². The maximum Gasteiger partial charge on any atom is 0.401 e. The first-order valence-corrected chi connectivity index (χ1v) is 8.35. The Labute approximate surface area is 149 Å². The van der Waals surface area contributed by atoms with Crippen molar-refractivity contribution in [3.63, 3.8) is 0 Å². The van der Waals surface area contributed by atoms with Crippen LogP contribution in [0.15, 0.2) is 23.2 Å². The van der Waals surface area contributed by atoms with Crippen LogP contribution in [-0.4, -0.2) is 56.3 Å². The first kappa shape index (κ1) is 19.8. The molecule has 2 N–H and O–H groups in total. The van der Waals surface area contributed by atoms with E-state index in [0.29, 0.717) is 43.5 Å². The molecule has 0 spiro atoms. The van der Waals surface area contributed by atoms with Crippen LogP contribution < -0.4 is 10.6 Å². The zero-order chi connectivity index (χ0) is 18.4. The van der Waals surface area contributed by atoms with Crippen molar-refractivity contribution in [2.75, 3.05) is 33.2 Å². The van der Waals surface area contributed by atoms with Gasteiger partial charge in [0.15, 0.2) is 5.96 Å². The van der Waals surface area contributed by atoms with Crippen LogP contribution in [0.2, 0.25) is 5.02 Å². The smallest absolute Gasteiger partial charge is 0.356 e. The van der Waals surface area contributed by atoms with E-state index in [2.05, 4.69) is 15.6 Å². The second-order valence-electron chi connectivity index (χ2n) is 5.96. The van der Waals surface area contributed by atoms with Crippen LogP contribution in [0.1, 0.15) is 12.0 Å². The van der Waals surface area contributed by atoms with Crippen molar-refractivity contribution in [2.45, 2.75) is 25.1 Å². The van der Waals surface area contributed by atoms with Crippen LogP contribution in [0, 0.1) is 5.82 Å². The summed E-state index contributed by atoms with van der Waals surface area (Å²) in [4.78, 5) is 5.46. The average Bonchev–Trinajstić information content (AvgIpc) is 2.93. The van der Waals surface area contributed by atoms with Gasteiger partial charge >= 0.3 is 6.18 Å². The fraction of sp³-hybridized carbons (Fsp3) is 0.562. The van der Waals surface area contributed by atoms with Crippen LogP contribution in [-0.2, 0) is 6.42 Å². The number of benzene rings is 1. The third-order valence-electron chi connectivity index (χ3n) is 3.94. The summed E-state index contributed by atoms with van der Waals surface area (Å²) >= 11 is 5.97. The molecule has 0 saturated carbocycles. The highest BCUT2D eigenvalue weighted by molar-refractivity contribution is 6.31. The minimum atomic E-state index is -4.18. The molecule has 140 valence electrons. The molecule has 9 heteroatoms. The molecule has 1 aliphatic rings. The molecule has 1 aromatic carbocycles. The molecule has 0 radical (unpaired) electrons. The molecule has 1 aliphatic heterocycles. The van der Waals surface area contributed by atoms with Gasteiger partial charge < -0.3 is 10.6 Å². The van der Waals surface area contributed by atoms with Gasteiger partial charge in [0, 0.05) is 37.7 Å². The number of aliphatic imine (C=N–C) groups is 1. The van der Waals surface area contributed by atoms with Crippen molar-refractivity contribution < 1.29 is 17.6 Å². The quantitative estimate of drug-likeness (QED) is 0.469. The van der Waals surface area contributed by atoms with Crippen molar-refractivity contribution in [3.05, 3.63) is 34.6 Å². The lowest BCUT2D eigenvalue weighted by molar-refractivity contribution is -0.143. The van der Waals surface area contributed by atoms with Gasteiger partial charge in [-0.15, -0.1) is 0 Å². The lowest BCUT2D eigenvalue weighted by Gasteiger charge is -2.19. The summed E-state index contributed by atoms with van der Waals surface area (Å²) in [7, 11) is 1.60. The summed E-state index contributed by atoms with van der Waals surface area (Å²) in [6, 6.07) is 4.16. The number of nitrogens with zero attached hydrogens (tertiary/aromatic N) is 2. The molecule has 2 rings (SSSR count). The van der Waals surface area contributed by atoms with E-state index in [1.54, 1.807) is 13.1 Å². The number of guanidine groups is 1. The van der Waals surface area contributed by atoms with Crippen molar-refractivity contribution in [3.8, 4) is 0 Å². The monoisotopic (exact) mass is 380 g/mol. The van der Waals surface area contributed by atoms with Gasteiger partial charge in [0.05, 0.1) is 6.54 Å². The van der Waals surface area contributed by atoms with Gasteiger partial charge in [-0.25, -0.2) is 4.39 Å². The Morgan fingerprint density at radius 3 is 2.80 bits per heavy atom. The predicted molar refractivity (Wildman–Crippen MR) is 90.5 cm³/mol. The Kier molecular flexibility index (Phi) is 6.89. The maximum atomic E-state index is 13.0. The van der Waals surface area contributed by atoms with Crippen LogP contribution in [0.4, 0.5) is 17.6 Å². The number of hydrogen-bond donors (Lipinski definition) is 2. The molecule has 0 amide bonds. The van der Waals surface area contributed by atoms with Gasteiger partial charge in [-0.2, -0.15) is 13.2 Å². The molecule has 4 nitrogen and oxygen atoms in total. The lowest BCUT2D eigenvalue weighted by atomic mass is 10.1. The van der Waals surface area contributed by atoms with Crippen LogP contribution in [0.3, 0.4) is 0 Å². The van der Waals surface area contributed by atoms with Gasteiger partial charge in [-0.1, -0.05) is 17.7 Å². The summed E-state index contributed by atoms with van der Waals surface area (Å²) in [6.45, 7) is 0.355. The highest BCUT2D eigenvalue weighted by Gasteiger charge is 2.34. The van der Waals surface area contributed by atoms with Crippen LogP contribution in [0.5, 0.6) is 0 Å². The minimum Gasteiger partial charge on any atom is -0.356 e. The molecule has 0 bridgehead atoms. The van der Waals surface area contributed by atoms with Crippen molar-refractivity contribution in [1.82, 2.24) is 15.5 Å². The largest absolute Gasteiger partial charge is 0.401 e. The van der Waals surface area contributed by atoms with E-state index in [4.69, 9.17) is 11.6 Å². The van der Waals surface area contributed by atoms with Crippen molar-refractivity contribution in [2.24, 2.45) is 4.99 Å². The second-order valence-corrected chi connectivity index (χ2v) is 6.37. The summed E-state index contributed by atoms with van der Waals surface area (Å²) in [5, 5.41) is 6.59. The first-order chi connectivity index (χ1) is 11.8. The van der Waals surface area contributed by atoms with E-state index in [0.717, 1.165) is 5.56 Å². The molecule has 1 unspecified atom stereocenters. The minimum absolute atomic E-state index is 0.0806. The zero-order valence-electron chi connectivity index (χ0n) is 13.8. The number of rotatable bonds is 5. The van der Waals surface area contributed by atoms with Gasteiger partial charge in [0.25, 0.3) is 0 Å². The van der Waals surface area contributed by atoms with E-state index >= 15 is 0 Å². The van der Waals surface area contributed by atoms with Crippen LogP contribution >= 0.6 is 11.6 Å². The number of hydrogen-bond acceptors (Lipinski definition) is 2. The van der Waals surface area contributed by atoms with Crippen molar-refractivity contribution in [1.29, 1.82) is 0 Å². The molecular formula is C16H21ClF4N4. The maximum absolute atomic E-state index is 13.0. The SMILES string of the molecule is CN=C(NCCc1ccc(F)cc1Cl)NC1CCN(CC(F)(F)F)C1. The summed E-state index contributed by atoms with van der Waals surface area (Å²) in [6.07, 6.45) is -2.98. The second kappa shape index (κ2) is 8.71. The fourth-order valence-corrected chi connectivity index (χ4v) is 3.04. The molecule has 0 aliphatic carbocycles.